The van der Waals surface area contributed by atoms with Crippen molar-refractivity contribution in [3.63, 3.8) is 0 Å². The maximum absolute atomic E-state index is 13.0. The van der Waals surface area contributed by atoms with Crippen LogP contribution in [0, 0.1) is 0 Å². The second-order valence-corrected chi connectivity index (χ2v) is 7.84. The van der Waals surface area contributed by atoms with Crippen molar-refractivity contribution >= 4 is 46.4 Å². The Balaban J connectivity index is 1.43. The summed E-state index contributed by atoms with van der Waals surface area (Å²) in [5, 5.41) is 3.21. The largest absolute Gasteiger partial charge is 0.493 e. The van der Waals surface area contributed by atoms with Crippen LogP contribution in [0.2, 0.25) is 5.02 Å². The molecule has 33 heavy (non-hydrogen) atoms. The first-order chi connectivity index (χ1) is 16.0. The van der Waals surface area contributed by atoms with Gasteiger partial charge in [-0.2, -0.15) is 0 Å². The lowest BCUT2D eigenvalue weighted by atomic mass is 10.1. The van der Waals surface area contributed by atoms with Crippen molar-refractivity contribution in [1.82, 2.24) is 5.32 Å². The molecule has 0 saturated carbocycles. The van der Waals surface area contributed by atoms with Crippen molar-refractivity contribution in [3.8, 4) is 17.2 Å². The minimum Gasteiger partial charge on any atom is -0.493 e. The molecule has 0 radical (unpaired) electrons. The van der Waals surface area contributed by atoms with E-state index in [9.17, 15) is 9.59 Å². The van der Waals surface area contributed by atoms with Gasteiger partial charge in [0.15, 0.2) is 5.11 Å². The molecule has 1 saturated heterocycles. The summed E-state index contributed by atoms with van der Waals surface area (Å²) in [6.07, 6.45) is 1.91. The summed E-state index contributed by atoms with van der Waals surface area (Å²) in [6, 6.07) is 23.2. The van der Waals surface area contributed by atoms with Gasteiger partial charge in [-0.25, -0.2) is 0 Å². The summed E-state index contributed by atoms with van der Waals surface area (Å²) in [4.78, 5) is 26.7. The number of ether oxygens (including phenoxy) is 2. The molecule has 3 aromatic carbocycles. The summed E-state index contributed by atoms with van der Waals surface area (Å²) in [6.45, 7) is 0.293. The van der Waals surface area contributed by atoms with E-state index < -0.39 is 11.8 Å². The van der Waals surface area contributed by atoms with Crippen molar-refractivity contribution < 1.29 is 19.1 Å². The third-order valence-electron chi connectivity index (χ3n) is 4.72. The molecule has 1 N–H and O–H groups in total. The van der Waals surface area contributed by atoms with E-state index in [0.29, 0.717) is 41.0 Å². The zero-order valence-corrected chi connectivity index (χ0v) is 18.9. The Hall–Kier alpha value is -3.68. The summed E-state index contributed by atoms with van der Waals surface area (Å²) >= 11 is 11.1. The molecule has 4 rings (SSSR count). The molecule has 0 aromatic heterocycles. The molecule has 3 aromatic rings. The maximum atomic E-state index is 13.0. The Bertz CT molecular complexity index is 1200. The molecule has 0 atom stereocenters. The number of nitrogens with zero attached hydrogens (tertiary/aromatic N) is 1. The first kappa shape index (κ1) is 22.5. The van der Waals surface area contributed by atoms with Crippen LogP contribution in [0.4, 0.5) is 5.69 Å². The fourth-order valence-corrected chi connectivity index (χ4v) is 3.55. The summed E-state index contributed by atoms with van der Waals surface area (Å²) in [7, 11) is 0. The predicted molar refractivity (Wildman–Crippen MR) is 131 cm³/mol. The molecule has 0 aliphatic carbocycles. The van der Waals surface area contributed by atoms with Gasteiger partial charge in [0.2, 0.25) is 0 Å². The first-order valence-corrected chi connectivity index (χ1v) is 10.9. The van der Waals surface area contributed by atoms with Crippen molar-refractivity contribution in [1.29, 1.82) is 0 Å². The number of nitrogens with one attached hydrogen (secondary N) is 1. The number of carbonyl (C=O) groups is 2. The normalized spacial score (nSPS) is 14.9. The van der Waals surface area contributed by atoms with Gasteiger partial charge in [-0.15, -0.1) is 0 Å². The quantitative estimate of drug-likeness (QED) is 0.217. The third kappa shape index (κ3) is 5.58. The molecule has 2 amide bonds. The van der Waals surface area contributed by atoms with E-state index >= 15 is 0 Å². The summed E-state index contributed by atoms with van der Waals surface area (Å²) in [5.74, 6) is 0.939. The zero-order chi connectivity index (χ0) is 23.2. The van der Waals surface area contributed by atoms with Crippen LogP contribution < -0.4 is 19.7 Å². The predicted octanol–water partition coefficient (Wildman–Crippen LogP) is 5.28. The van der Waals surface area contributed by atoms with Crippen LogP contribution in [0.1, 0.15) is 6.42 Å². The van der Waals surface area contributed by atoms with Gasteiger partial charge >= 0.3 is 0 Å². The minimum atomic E-state index is -0.531. The lowest BCUT2D eigenvalue weighted by molar-refractivity contribution is -0.122. The van der Waals surface area contributed by atoms with Crippen LogP contribution in [0.5, 0.6) is 17.2 Å². The number of benzene rings is 3. The van der Waals surface area contributed by atoms with Gasteiger partial charge in [-0.1, -0.05) is 35.9 Å². The van der Waals surface area contributed by atoms with E-state index in [2.05, 4.69) is 5.32 Å². The van der Waals surface area contributed by atoms with Crippen molar-refractivity contribution in [2.75, 3.05) is 11.5 Å². The number of carbonyl (C=O) groups excluding carboxylic acids is 2. The minimum absolute atomic E-state index is 0.00733. The number of anilines is 1. The SMILES string of the molecule is O=C1NC(=S)N(c2ccc(Oc3ccccc3)cc2)C(=O)/C1=C\CCOc1ccc(Cl)cc1. The Labute approximate surface area is 201 Å². The third-order valence-corrected chi connectivity index (χ3v) is 5.26. The average molecular weight is 479 g/mol. The summed E-state index contributed by atoms with van der Waals surface area (Å²) < 4.78 is 11.4. The number of halogens is 1. The van der Waals surface area contributed by atoms with Gasteiger partial charge in [0.05, 0.1) is 12.3 Å². The molecule has 8 heteroatoms. The van der Waals surface area contributed by atoms with E-state index in [-0.39, 0.29) is 10.7 Å². The highest BCUT2D eigenvalue weighted by Crippen LogP contribution is 2.26. The summed E-state index contributed by atoms with van der Waals surface area (Å²) in [5.41, 5.74) is 0.529. The van der Waals surface area contributed by atoms with Gasteiger partial charge in [0, 0.05) is 11.4 Å². The number of amides is 2. The monoisotopic (exact) mass is 478 g/mol. The first-order valence-electron chi connectivity index (χ1n) is 10.1. The molecule has 1 aliphatic rings. The number of para-hydroxylation sites is 1. The molecular formula is C25H19ClN2O4S. The van der Waals surface area contributed by atoms with Crippen LogP contribution in [-0.2, 0) is 9.59 Å². The Morgan fingerprint density at radius 2 is 1.52 bits per heavy atom. The number of hydrogen-bond acceptors (Lipinski definition) is 5. The van der Waals surface area contributed by atoms with Crippen LogP contribution >= 0.6 is 23.8 Å². The Kier molecular flexibility index (Phi) is 7.02. The fraction of sp³-hybridized carbons (Fsp3) is 0.0800. The molecule has 1 aliphatic heterocycles. The Morgan fingerprint density at radius 3 is 2.21 bits per heavy atom. The smallest absolute Gasteiger partial charge is 0.269 e. The van der Waals surface area contributed by atoms with E-state index in [4.69, 9.17) is 33.3 Å². The van der Waals surface area contributed by atoms with E-state index in [1.165, 1.54) is 4.90 Å². The number of thiocarbonyl (C=S) groups is 1. The number of rotatable bonds is 7. The molecule has 166 valence electrons. The molecule has 1 fully saturated rings. The van der Waals surface area contributed by atoms with E-state index in [1.807, 2.05) is 30.3 Å². The van der Waals surface area contributed by atoms with Crippen molar-refractivity contribution in [2.45, 2.75) is 6.42 Å². The van der Waals surface area contributed by atoms with Crippen molar-refractivity contribution in [2.24, 2.45) is 0 Å². The highest BCUT2D eigenvalue weighted by Gasteiger charge is 2.34. The molecule has 0 unspecified atom stereocenters. The molecule has 1 heterocycles. The van der Waals surface area contributed by atoms with Crippen LogP contribution in [0.25, 0.3) is 0 Å². The van der Waals surface area contributed by atoms with E-state index in [0.717, 1.165) is 0 Å². The van der Waals surface area contributed by atoms with Gasteiger partial charge in [-0.3, -0.25) is 19.8 Å². The Morgan fingerprint density at radius 1 is 0.879 bits per heavy atom. The highest BCUT2D eigenvalue weighted by atomic mass is 35.5. The van der Waals surface area contributed by atoms with Crippen LogP contribution in [-0.4, -0.2) is 23.5 Å². The standard InChI is InChI=1S/C25H19ClN2O4S/c26-17-8-12-19(13-9-17)31-16-4-7-22-23(29)27-25(33)28(24(22)30)18-10-14-21(15-11-18)32-20-5-2-1-3-6-20/h1-3,5-15H,4,16H2,(H,27,29,33)/b22-7-. The molecular weight excluding hydrogens is 460 g/mol. The van der Waals surface area contributed by atoms with Crippen LogP contribution in [0.15, 0.2) is 90.5 Å². The fourth-order valence-electron chi connectivity index (χ4n) is 3.14. The van der Waals surface area contributed by atoms with Gasteiger partial charge in [-0.05, 0) is 72.9 Å². The molecule has 0 spiro atoms. The van der Waals surface area contributed by atoms with Gasteiger partial charge in [0.1, 0.15) is 22.8 Å². The lowest BCUT2D eigenvalue weighted by Crippen LogP contribution is -2.54. The average Bonchev–Trinajstić information content (AvgIpc) is 2.81. The maximum Gasteiger partial charge on any atom is 0.269 e. The molecule has 6 nitrogen and oxygen atoms in total. The second-order valence-electron chi connectivity index (χ2n) is 7.02. The number of hydrogen-bond donors (Lipinski definition) is 1. The van der Waals surface area contributed by atoms with Crippen LogP contribution in [0.3, 0.4) is 0 Å². The van der Waals surface area contributed by atoms with Gasteiger partial charge in [0.25, 0.3) is 11.8 Å². The second kappa shape index (κ2) is 10.3. The van der Waals surface area contributed by atoms with Gasteiger partial charge < -0.3 is 9.47 Å². The van der Waals surface area contributed by atoms with Crippen molar-refractivity contribution in [3.05, 3.63) is 95.5 Å². The topological polar surface area (TPSA) is 67.9 Å². The van der Waals surface area contributed by atoms with E-state index in [1.54, 1.807) is 54.6 Å². The lowest BCUT2D eigenvalue weighted by Gasteiger charge is -2.29. The zero-order valence-electron chi connectivity index (χ0n) is 17.4. The molecule has 0 bridgehead atoms. The highest BCUT2D eigenvalue weighted by molar-refractivity contribution is 7.80.